The number of hydrogen-bond donors (Lipinski definition) is 4. The van der Waals surface area contributed by atoms with Crippen molar-refractivity contribution < 1.29 is 34.7 Å². The van der Waals surface area contributed by atoms with Gasteiger partial charge in [-0.1, -0.05) is 334 Å². The molecule has 4 N–H and O–H groups in total. The Bertz CT molecular complexity index is 3060. The van der Waals surface area contributed by atoms with Gasteiger partial charge in [0.1, 0.15) is 17.2 Å². The highest BCUT2D eigenvalue weighted by Gasteiger charge is 2.38. The summed E-state index contributed by atoms with van der Waals surface area (Å²) in [6, 6.07) is 13.2. The van der Waals surface area contributed by atoms with Crippen LogP contribution in [0.25, 0.3) is 0 Å². The maximum absolute atomic E-state index is 11.0. The summed E-state index contributed by atoms with van der Waals surface area (Å²) in [5.74, 6) is 16.3. The first-order chi connectivity index (χ1) is 56.4. The van der Waals surface area contributed by atoms with Gasteiger partial charge >= 0.3 is 5.97 Å². The number of phenolic OH excluding ortho intramolecular Hbond substituents is 1. The number of carboxylic acid groups (broad SMARTS) is 1. The van der Waals surface area contributed by atoms with E-state index in [0.29, 0.717) is 30.8 Å². The van der Waals surface area contributed by atoms with Gasteiger partial charge in [-0.2, -0.15) is 0 Å². The largest absolute Gasteiger partial charge is 0.507 e. The van der Waals surface area contributed by atoms with Crippen molar-refractivity contribution in [3.63, 3.8) is 0 Å². The Morgan fingerprint density at radius 1 is 0.325 bits per heavy atom. The molecule has 120 heavy (non-hydrogen) atoms. The number of methoxy groups -OCH3 is 2. The predicted octanol–water partition coefficient (Wildman–Crippen LogP) is 33.1. The second kappa shape index (κ2) is 52.2. The quantitative estimate of drug-likeness (QED) is 0.0884. The second-order valence-electron chi connectivity index (χ2n) is 46.5. The van der Waals surface area contributed by atoms with Crippen molar-refractivity contribution in [3.8, 4) is 17.2 Å². The van der Waals surface area contributed by atoms with Gasteiger partial charge in [-0.05, 0) is 306 Å². The van der Waals surface area contributed by atoms with Crippen LogP contribution in [0, 0.1) is 109 Å². The summed E-state index contributed by atoms with van der Waals surface area (Å²) in [6.07, 6.45) is 56.1. The van der Waals surface area contributed by atoms with Gasteiger partial charge in [0.05, 0.1) is 20.1 Å². The molecule has 0 atom stereocenters. The van der Waals surface area contributed by atoms with E-state index in [4.69, 9.17) is 14.6 Å². The summed E-state index contributed by atoms with van der Waals surface area (Å²) in [5, 5.41) is 39.9. The molecule has 8 fully saturated rings. The van der Waals surface area contributed by atoms with E-state index in [-0.39, 0.29) is 38.4 Å². The van der Waals surface area contributed by atoms with Crippen molar-refractivity contribution in [1.29, 1.82) is 0 Å². The maximum atomic E-state index is 11.0. The zero-order valence-electron chi connectivity index (χ0n) is 83.1. The van der Waals surface area contributed by atoms with Crippen molar-refractivity contribution in [2.24, 2.45) is 94.7 Å². The highest BCUT2D eigenvalue weighted by atomic mass is 79.9. The van der Waals surface area contributed by atoms with Crippen LogP contribution < -0.4 is 9.47 Å². The zero-order valence-corrected chi connectivity index (χ0v) is 86.3. The molecule has 0 heterocycles. The number of phenols is 1. The number of rotatable bonds is 19. The van der Waals surface area contributed by atoms with E-state index < -0.39 is 5.97 Å². The number of hydrogen-bond acceptors (Lipinski definition) is 6. The predicted molar refractivity (Wildman–Crippen MR) is 527 cm³/mol. The van der Waals surface area contributed by atoms with Gasteiger partial charge < -0.3 is 29.9 Å². The van der Waals surface area contributed by atoms with Crippen LogP contribution in [-0.4, -0.2) is 59.2 Å². The lowest BCUT2D eigenvalue weighted by Gasteiger charge is -2.37. The topological polar surface area (TPSA) is 116 Å². The molecular formula is C111H192Br2O7. The van der Waals surface area contributed by atoms with Crippen molar-refractivity contribution in [2.45, 2.75) is 461 Å². The SMILES string of the molecule is CCCC1CCC(C2CCC(C(=O)O)CC2)CC1.CCCC1CCC(C2CCC(CBr)CC2)CC1.CCCC1CCC(C2CCC(CO)CC2)CC1.CCCC1CCC(C2CCC(CO)CC2)CC1.COc1c(C(C)(C)C)cc(C)cc1C(C)(C)C.COc1c(C(C)(C)C)cc(CBr)cc1C(C)(C)C.Cc1cc(C(C)(C)C)c(O)c(C(C)(C)C)c1. The van der Waals surface area contributed by atoms with Gasteiger partial charge in [0.15, 0.2) is 0 Å². The standard InChI is InChI=1S/C16H25BrO.C16H29Br.C16H28O2.2C16H30O.C16H26O.C15H24O/c1-15(2,3)12-8-11(10-17)9-13(14(12)18-7)16(4,5)6;1-2-3-13-4-8-15(9-5-13)16-10-6-14(12-17)7-11-16;1-2-3-12-4-6-13(7-5-12)14-8-10-15(11-9-14)16(17)18;2*1-2-3-13-4-8-15(9-5-13)16-10-6-14(12-17)7-11-16;1-11-9-12(15(2,3)4)14(17-8)13(10-11)16(5,6)7;1-10-8-11(14(2,3)4)13(16)12(9-10)15(5,6)7/h8-9H,10H2,1-7H3;13-16H,2-12H2,1H3;12-15H,2-11H2,1H3,(H,17,18);2*13-17H,2-12H2,1H3;9-10H,1-8H3;8-9,16H,1-7H3. The average molecular weight is 1800 g/mol. The molecule has 0 amide bonds. The van der Waals surface area contributed by atoms with Gasteiger partial charge in [0, 0.05) is 46.1 Å². The van der Waals surface area contributed by atoms with Crippen molar-refractivity contribution >= 4 is 37.8 Å². The fraction of sp³-hybridized carbons (Fsp3) is 0.829. The normalized spacial score (nSPS) is 27.7. The molecule has 0 unspecified atom stereocenters. The van der Waals surface area contributed by atoms with E-state index in [1.54, 1.807) is 27.1 Å². The molecule has 8 aliphatic rings. The van der Waals surface area contributed by atoms with Gasteiger partial charge in [-0.25, -0.2) is 0 Å². The lowest BCUT2D eigenvalue weighted by molar-refractivity contribution is -0.143. The molecule has 0 saturated heterocycles. The Balaban J connectivity index is 0.000000249. The van der Waals surface area contributed by atoms with Gasteiger partial charge in [0.2, 0.25) is 0 Å². The summed E-state index contributed by atoms with van der Waals surface area (Å²) < 4.78 is 11.4. The molecule has 8 aliphatic carbocycles. The first-order valence-electron chi connectivity index (χ1n) is 50.2. The van der Waals surface area contributed by atoms with Crippen molar-refractivity contribution in [2.75, 3.05) is 32.8 Å². The first kappa shape index (κ1) is 108. The van der Waals surface area contributed by atoms with E-state index in [0.717, 1.165) is 118 Å². The molecule has 0 aliphatic heterocycles. The Kier molecular flexibility index (Phi) is 46.9. The molecular weight excluding hydrogens is 1610 g/mol. The number of benzene rings is 3. The van der Waals surface area contributed by atoms with Crippen LogP contribution in [0.5, 0.6) is 17.2 Å². The molecule has 7 nitrogen and oxygen atoms in total. The number of aromatic hydroxyl groups is 1. The number of aliphatic hydroxyl groups is 2. The number of aliphatic hydroxyl groups excluding tert-OH is 2. The molecule has 0 bridgehead atoms. The van der Waals surface area contributed by atoms with Gasteiger partial charge in [-0.15, -0.1) is 0 Å². The summed E-state index contributed by atoms with van der Waals surface area (Å²) in [4.78, 5) is 11.0. The Morgan fingerprint density at radius 3 is 0.708 bits per heavy atom. The van der Waals surface area contributed by atoms with E-state index in [1.165, 1.54) is 275 Å². The number of carboxylic acids is 1. The lowest BCUT2D eigenvalue weighted by Crippen LogP contribution is -2.28. The molecule has 0 spiro atoms. The third kappa shape index (κ3) is 35.8. The van der Waals surface area contributed by atoms with E-state index in [2.05, 4.69) is 234 Å². The zero-order chi connectivity index (χ0) is 89.5. The molecule has 0 aromatic heterocycles. The molecule has 3 aromatic rings. The van der Waals surface area contributed by atoms with E-state index >= 15 is 0 Å². The summed E-state index contributed by atoms with van der Waals surface area (Å²) >= 11 is 7.22. The fourth-order valence-corrected chi connectivity index (χ4v) is 23.9. The van der Waals surface area contributed by atoms with E-state index in [1.807, 2.05) is 0 Å². The minimum Gasteiger partial charge on any atom is -0.507 e. The number of halogens is 2. The number of ether oxygens (including phenoxy) is 2. The van der Waals surface area contributed by atoms with Crippen LogP contribution in [0.15, 0.2) is 36.4 Å². The molecule has 8 saturated carbocycles. The maximum Gasteiger partial charge on any atom is 0.306 e. The summed E-state index contributed by atoms with van der Waals surface area (Å²) in [6.45, 7) is 54.0. The minimum atomic E-state index is -0.569. The van der Waals surface area contributed by atoms with Crippen molar-refractivity contribution in [3.05, 3.63) is 86.5 Å². The molecule has 3 aromatic carbocycles. The number of aryl methyl sites for hydroxylation is 2. The van der Waals surface area contributed by atoms with E-state index in [9.17, 15) is 20.1 Å². The molecule has 11 rings (SSSR count). The van der Waals surface area contributed by atoms with Crippen LogP contribution in [0.4, 0.5) is 0 Å². The Labute approximate surface area is 759 Å². The van der Waals surface area contributed by atoms with Crippen LogP contribution in [0.2, 0.25) is 0 Å². The number of carbonyl (C=O) groups is 1. The highest BCUT2D eigenvalue weighted by Crippen LogP contribution is 2.49. The average Bonchev–Trinajstić information content (AvgIpc) is 0.773. The summed E-state index contributed by atoms with van der Waals surface area (Å²) in [5.41, 5.74) is 11.4. The Morgan fingerprint density at radius 2 is 0.525 bits per heavy atom. The third-order valence-corrected chi connectivity index (χ3v) is 32.2. The van der Waals surface area contributed by atoms with Crippen LogP contribution >= 0.6 is 31.9 Å². The lowest BCUT2D eigenvalue weighted by atomic mass is 9.69. The fourth-order valence-electron chi connectivity index (χ4n) is 22.9. The molecule has 0 radical (unpaired) electrons. The van der Waals surface area contributed by atoms with Crippen LogP contribution in [-0.2, 0) is 42.6 Å². The highest BCUT2D eigenvalue weighted by molar-refractivity contribution is 9.09. The second-order valence-corrected chi connectivity index (χ2v) is 47.8. The first-order valence-corrected chi connectivity index (χ1v) is 52.5. The number of aliphatic carboxylic acids is 1. The third-order valence-electron chi connectivity index (χ3n) is 30.6. The van der Waals surface area contributed by atoms with Crippen molar-refractivity contribution in [1.82, 2.24) is 0 Å². The van der Waals surface area contributed by atoms with Gasteiger partial charge in [-0.3, -0.25) is 4.79 Å². The van der Waals surface area contributed by atoms with Gasteiger partial charge in [0.25, 0.3) is 0 Å². The van der Waals surface area contributed by atoms with Crippen LogP contribution in [0.1, 0.15) is 459 Å². The summed E-state index contributed by atoms with van der Waals surface area (Å²) in [7, 11) is 3.54. The number of alkyl halides is 2. The molecule has 692 valence electrons. The minimum absolute atomic E-state index is 0.0178. The monoisotopic (exact) mass is 1800 g/mol. The smallest absolute Gasteiger partial charge is 0.306 e. The molecule has 9 heteroatoms. The Hall–Kier alpha value is -2.59. The van der Waals surface area contributed by atoms with Crippen LogP contribution in [0.3, 0.4) is 0 Å².